The van der Waals surface area contributed by atoms with Crippen molar-refractivity contribution in [2.45, 2.75) is 12.5 Å². The summed E-state index contributed by atoms with van der Waals surface area (Å²) in [4.78, 5) is 13.5. The summed E-state index contributed by atoms with van der Waals surface area (Å²) in [7, 11) is 1.69. The summed E-state index contributed by atoms with van der Waals surface area (Å²) in [6.45, 7) is 0.946. The van der Waals surface area contributed by atoms with E-state index in [2.05, 4.69) is 20.3 Å². The van der Waals surface area contributed by atoms with Crippen LogP contribution in [0.15, 0.2) is 36.8 Å². The highest BCUT2D eigenvalue weighted by Crippen LogP contribution is 2.36. The average Bonchev–Trinajstić information content (AvgIpc) is 3.23. The van der Waals surface area contributed by atoms with E-state index in [1.54, 1.807) is 24.8 Å². The number of benzene rings is 1. The molecular formula is C16H16N4OS. The zero-order valence-electron chi connectivity index (χ0n) is 12.2. The van der Waals surface area contributed by atoms with Crippen LogP contribution in [0.4, 0.5) is 0 Å². The third-order valence-electron chi connectivity index (χ3n) is 3.89. The van der Waals surface area contributed by atoms with Gasteiger partial charge in [0.1, 0.15) is 10.8 Å². The predicted octanol–water partition coefficient (Wildman–Crippen LogP) is 2.78. The van der Waals surface area contributed by atoms with E-state index in [-0.39, 0.29) is 6.04 Å². The SMILES string of the molecule is COc1ccccc1-c1ncc([C@@H]2NCCc3[nH]cnc32)s1. The molecule has 0 fully saturated rings. The molecule has 4 rings (SSSR count). The molecule has 0 spiro atoms. The van der Waals surface area contributed by atoms with Gasteiger partial charge in [-0.3, -0.25) is 0 Å². The highest BCUT2D eigenvalue weighted by molar-refractivity contribution is 7.15. The fraction of sp³-hybridized carbons (Fsp3) is 0.250. The van der Waals surface area contributed by atoms with Crippen LogP contribution < -0.4 is 10.1 Å². The molecular weight excluding hydrogens is 296 g/mol. The number of nitrogens with zero attached hydrogens (tertiary/aromatic N) is 2. The lowest BCUT2D eigenvalue weighted by molar-refractivity contribution is 0.416. The number of rotatable bonds is 3. The molecule has 0 amide bonds. The molecule has 1 aliphatic rings. The van der Waals surface area contributed by atoms with Gasteiger partial charge in [0.05, 0.1) is 30.7 Å². The van der Waals surface area contributed by atoms with E-state index in [0.29, 0.717) is 0 Å². The zero-order chi connectivity index (χ0) is 14.9. The molecule has 2 N–H and O–H groups in total. The number of fused-ring (bicyclic) bond motifs is 1. The molecule has 0 saturated heterocycles. The Morgan fingerprint density at radius 3 is 3.09 bits per heavy atom. The summed E-state index contributed by atoms with van der Waals surface area (Å²) in [5, 5.41) is 4.50. The highest BCUT2D eigenvalue weighted by Gasteiger charge is 2.25. The molecule has 0 aliphatic carbocycles. The molecule has 2 aromatic heterocycles. The van der Waals surface area contributed by atoms with Crippen molar-refractivity contribution in [2.24, 2.45) is 0 Å². The summed E-state index contributed by atoms with van der Waals surface area (Å²) in [6, 6.07) is 8.09. The van der Waals surface area contributed by atoms with E-state index in [0.717, 1.165) is 35.0 Å². The van der Waals surface area contributed by atoms with Crippen LogP contribution in [-0.2, 0) is 6.42 Å². The summed E-state index contributed by atoms with van der Waals surface area (Å²) < 4.78 is 5.43. The van der Waals surface area contributed by atoms with Crippen molar-refractivity contribution in [3.63, 3.8) is 0 Å². The van der Waals surface area contributed by atoms with Crippen LogP contribution in [-0.4, -0.2) is 28.6 Å². The van der Waals surface area contributed by atoms with Gasteiger partial charge in [0.2, 0.25) is 0 Å². The van der Waals surface area contributed by atoms with Crippen LogP contribution >= 0.6 is 11.3 Å². The molecule has 112 valence electrons. The van der Waals surface area contributed by atoms with Crippen molar-refractivity contribution >= 4 is 11.3 Å². The van der Waals surface area contributed by atoms with Crippen molar-refractivity contribution in [3.8, 4) is 16.3 Å². The van der Waals surface area contributed by atoms with E-state index < -0.39 is 0 Å². The molecule has 0 radical (unpaired) electrons. The van der Waals surface area contributed by atoms with Gasteiger partial charge in [-0.1, -0.05) is 12.1 Å². The van der Waals surface area contributed by atoms with E-state index in [1.165, 1.54) is 10.6 Å². The first kappa shape index (κ1) is 13.5. The number of methoxy groups -OCH3 is 1. The first-order chi connectivity index (χ1) is 10.9. The summed E-state index contributed by atoms with van der Waals surface area (Å²) in [6.07, 6.45) is 4.70. The molecule has 3 heterocycles. The van der Waals surface area contributed by atoms with Crippen molar-refractivity contribution in [1.29, 1.82) is 0 Å². The van der Waals surface area contributed by atoms with Crippen LogP contribution in [0.2, 0.25) is 0 Å². The summed E-state index contributed by atoms with van der Waals surface area (Å²) in [5.41, 5.74) is 3.33. The fourth-order valence-electron chi connectivity index (χ4n) is 2.82. The van der Waals surface area contributed by atoms with E-state index in [1.807, 2.05) is 30.5 Å². The van der Waals surface area contributed by atoms with E-state index >= 15 is 0 Å². The van der Waals surface area contributed by atoms with E-state index in [4.69, 9.17) is 4.74 Å². The largest absolute Gasteiger partial charge is 0.496 e. The van der Waals surface area contributed by atoms with Crippen molar-refractivity contribution < 1.29 is 4.74 Å². The van der Waals surface area contributed by atoms with Crippen molar-refractivity contribution in [2.75, 3.05) is 13.7 Å². The lowest BCUT2D eigenvalue weighted by Crippen LogP contribution is -2.30. The molecule has 0 bridgehead atoms. The van der Waals surface area contributed by atoms with Crippen LogP contribution in [0.5, 0.6) is 5.75 Å². The third kappa shape index (κ3) is 2.20. The van der Waals surface area contributed by atoms with Crippen LogP contribution in [0.25, 0.3) is 10.6 Å². The third-order valence-corrected chi connectivity index (χ3v) is 4.99. The predicted molar refractivity (Wildman–Crippen MR) is 86.2 cm³/mol. The van der Waals surface area contributed by atoms with E-state index in [9.17, 15) is 0 Å². The molecule has 0 saturated carbocycles. The molecule has 1 aromatic carbocycles. The maximum Gasteiger partial charge on any atom is 0.129 e. The Balaban J connectivity index is 1.71. The zero-order valence-corrected chi connectivity index (χ0v) is 13.0. The first-order valence-corrected chi connectivity index (χ1v) is 8.03. The number of aromatic nitrogens is 3. The average molecular weight is 312 g/mol. The van der Waals surface area contributed by atoms with Crippen LogP contribution in [0.1, 0.15) is 22.3 Å². The minimum absolute atomic E-state index is 0.121. The van der Waals surface area contributed by atoms with Gasteiger partial charge in [-0.05, 0) is 12.1 Å². The van der Waals surface area contributed by atoms with Gasteiger partial charge in [0.25, 0.3) is 0 Å². The molecule has 3 aromatic rings. The Bertz CT molecular complexity index is 795. The number of imidazole rings is 1. The molecule has 1 atom stereocenters. The molecule has 22 heavy (non-hydrogen) atoms. The van der Waals surface area contributed by atoms with Gasteiger partial charge in [-0.15, -0.1) is 11.3 Å². The second-order valence-corrected chi connectivity index (χ2v) is 6.23. The number of H-pyrrole nitrogens is 1. The number of hydrogen-bond donors (Lipinski definition) is 2. The van der Waals surface area contributed by atoms with Crippen molar-refractivity contribution in [3.05, 3.63) is 53.1 Å². The summed E-state index contributed by atoms with van der Waals surface area (Å²) in [5.74, 6) is 0.848. The standard InChI is InChI=1S/C16H16N4OS/c1-21-12-5-3-2-4-10(12)16-18-8-13(22-16)15-14-11(6-7-17-15)19-9-20-14/h2-5,8-9,15,17H,6-7H2,1H3,(H,19,20)/t15-/m0/s1. The van der Waals surface area contributed by atoms with Crippen LogP contribution in [0, 0.1) is 0 Å². The monoisotopic (exact) mass is 312 g/mol. The lowest BCUT2D eigenvalue weighted by Gasteiger charge is -2.21. The normalized spacial score (nSPS) is 17.2. The van der Waals surface area contributed by atoms with Gasteiger partial charge in [0.15, 0.2) is 0 Å². The Hall–Kier alpha value is -2.18. The molecule has 1 aliphatic heterocycles. The second-order valence-electron chi connectivity index (χ2n) is 5.17. The highest BCUT2D eigenvalue weighted by atomic mass is 32.1. The Kier molecular flexibility index (Phi) is 3.40. The maximum absolute atomic E-state index is 5.43. The van der Waals surface area contributed by atoms with Gasteiger partial charge in [-0.25, -0.2) is 9.97 Å². The van der Waals surface area contributed by atoms with Gasteiger partial charge in [0, 0.05) is 29.7 Å². The smallest absolute Gasteiger partial charge is 0.129 e. The minimum Gasteiger partial charge on any atom is -0.496 e. The first-order valence-electron chi connectivity index (χ1n) is 7.21. The second kappa shape index (κ2) is 5.55. The Labute approximate surface area is 132 Å². The van der Waals surface area contributed by atoms with Crippen LogP contribution in [0.3, 0.4) is 0 Å². The maximum atomic E-state index is 5.43. The number of ether oxygens (including phenoxy) is 1. The quantitative estimate of drug-likeness (QED) is 0.780. The summed E-state index contributed by atoms with van der Waals surface area (Å²) >= 11 is 1.68. The number of para-hydroxylation sites is 1. The van der Waals surface area contributed by atoms with Crippen molar-refractivity contribution in [1.82, 2.24) is 20.3 Å². The minimum atomic E-state index is 0.121. The number of aromatic amines is 1. The topological polar surface area (TPSA) is 62.8 Å². The lowest BCUT2D eigenvalue weighted by atomic mass is 10.1. The fourth-order valence-corrected chi connectivity index (χ4v) is 3.85. The van der Waals surface area contributed by atoms with Gasteiger partial charge >= 0.3 is 0 Å². The Morgan fingerprint density at radius 1 is 1.27 bits per heavy atom. The number of nitrogens with one attached hydrogen (secondary N) is 2. The molecule has 0 unspecified atom stereocenters. The van der Waals surface area contributed by atoms with Gasteiger partial charge in [-0.2, -0.15) is 0 Å². The molecule has 6 heteroatoms. The molecule has 5 nitrogen and oxygen atoms in total. The Morgan fingerprint density at radius 2 is 2.18 bits per heavy atom. The van der Waals surface area contributed by atoms with Gasteiger partial charge < -0.3 is 15.0 Å². The number of thiazole rings is 1. The number of hydrogen-bond acceptors (Lipinski definition) is 5.